The van der Waals surface area contributed by atoms with Crippen LogP contribution in [0, 0.1) is 5.92 Å². The molecule has 2 heteroatoms. The van der Waals surface area contributed by atoms with E-state index in [1.807, 2.05) is 24.3 Å². The first-order chi connectivity index (χ1) is 7.86. The Bertz CT molecular complexity index is 487. The monoisotopic (exact) mass is 211 g/mol. The lowest BCUT2D eigenvalue weighted by molar-refractivity contribution is 0.0946. The second-order valence-corrected chi connectivity index (χ2v) is 4.35. The van der Waals surface area contributed by atoms with Crippen molar-refractivity contribution in [1.29, 1.82) is 0 Å². The highest BCUT2D eigenvalue weighted by Gasteiger charge is 2.31. The molecule has 0 aromatic heterocycles. The quantitative estimate of drug-likeness (QED) is 0.648. The molecule has 0 N–H and O–H groups in total. The van der Waals surface area contributed by atoms with E-state index in [1.165, 1.54) is 5.56 Å². The van der Waals surface area contributed by atoms with Gasteiger partial charge in [-0.05, 0) is 24.5 Å². The van der Waals surface area contributed by atoms with Crippen molar-refractivity contribution in [3.63, 3.8) is 0 Å². The van der Waals surface area contributed by atoms with Gasteiger partial charge in [-0.15, -0.1) is 0 Å². The van der Waals surface area contributed by atoms with Crippen LogP contribution in [0.1, 0.15) is 22.3 Å². The number of aryl methyl sites for hydroxylation is 1. The first-order valence-electron chi connectivity index (χ1n) is 5.68. The molecule has 2 atom stereocenters. The van der Waals surface area contributed by atoms with Gasteiger partial charge in [0.25, 0.3) is 0 Å². The predicted molar refractivity (Wildman–Crippen MR) is 64.0 cm³/mol. The van der Waals surface area contributed by atoms with Crippen LogP contribution < -0.4 is 0 Å². The van der Waals surface area contributed by atoms with E-state index < -0.39 is 0 Å². The number of allylic oxidation sites excluding steroid dienone is 1. The highest BCUT2D eigenvalue weighted by atomic mass is 16.1. The van der Waals surface area contributed by atoms with Crippen LogP contribution in [0.25, 0.3) is 0 Å². The highest BCUT2D eigenvalue weighted by Crippen LogP contribution is 2.28. The van der Waals surface area contributed by atoms with Crippen molar-refractivity contribution in [2.75, 3.05) is 0 Å². The molecule has 1 heterocycles. The third kappa shape index (κ3) is 1.42. The molecule has 0 amide bonds. The molecule has 1 aliphatic heterocycles. The second-order valence-electron chi connectivity index (χ2n) is 4.35. The van der Waals surface area contributed by atoms with Crippen LogP contribution in [-0.4, -0.2) is 18.0 Å². The van der Waals surface area contributed by atoms with Gasteiger partial charge in [-0.2, -0.15) is 0 Å². The SMILES string of the molecule is O=C1c2ccccc2CCC2C=CC=NC12. The highest BCUT2D eigenvalue weighted by molar-refractivity contribution is 6.03. The van der Waals surface area contributed by atoms with Gasteiger partial charge in [-0.3, -0.25) is 9.79 Å². The van der Waals surface area contributed by atoms with Crippen LogP contribution in [0.2, 0.25) is 0 Å². The molecule has 0 saturated heterocycles. The molecular formula is C14H13NO. The summed E-state index contributed by atoms with van der Waals surface area (Å²) in [4.78, 5) is 16.7. The number of aliphatic imine (C=N–C) groups is 1. The third-order valence-corrected chi connectivity index (χ3v) is 3.40. The number of hydrogen-bond donors (Lipinski definition) is 0. The van der Waals surface area contributed by atoms with E-state index in [9.17, 15) is 4.79 Å². The molecule has 3 rings (SSSR count). The lowest BCUT2D eigenvalue weighted by Gasteiger charge is -2.19. The summed E-state index contributed by atoms with van der Waals surface area (Å²) in [6.07, 6.45) is 7.79. The maximum atomic E-state index is 12.3. The average molecular weight is 211 g/mol. The van der Waals surface area contributed by atoms with Crippen LogP contribution >= 0.6 is 0 Å². The number of hydrogen-bond acceptors (Lipinski definition) is 2. The van der Waals surface area contributed by atoms with Gasteiger partial charge in [0.05, 0.1) is 0 Å². The van der Waals surface area contributed by atoms with Gasteiger partial charge in [0.1, 0.15) is 6.04 Å². The van der Waals surface area contributed by atoms with Crippen molar-refractivity contribution < 1.29 is 4.79 Å². The summed E-state index contributed by atoms with van der Waals surface area (Å²) in [5.41, 5.74) is 2.04. The summed E-state index contributed by atoms with van der Waals surface area (Å²) in [5.74, 6) is 0.462. The molecule has 2 nitrogen and oxygen atoms in total. The molecule has 80 valence electrons. The Morgan fingerprint density at radius 1 is 1.25 bits per heavy atom. The Hall–Kier alpha value is -1.70. The molecule has 2 aliphatic rings. The Morgan fingerprint density at radius 2 is 2.12 bits per heavy atom. The van der Waals surface area contributed by atoms with Crippen molar-refractivity contribution in [2.24, 2.45) is 10.9 Å². The van der Waals surface area contributed by atoms with Crippen LogP contribution in [-0.2, 0) is 6.42 Å². The Labute approximate surface area is 94.7 Å². The zero-order valence-electron chi connectivity index (χ0n) is 8.97. The lowest BCUT2D eigenvalue weighted by atomic mass is 9.91. The van der Waals surface area contributed by atoms with Crippen LogP contribution in [0.4, 0.5) is 0 Å². The molecule has 0 radical (unpaired) electrons. The maximum Gasteiger partial charge on any atom is 0.188 e. The van der Waals surface area contributed by atoms with Gasteiger partial charge in [-0.1, -0.05) is 30.3 Å². The molecule has 0 bridgehead atoms. The average Bonchev–Trinajstić information content (AvgIpc) is 2.49. The number of carbonyl (C=O) groups is 1. The van der Waals surface area contributed by atoms with E-state index in [0.29, 0.717) is 0 Å². The summed E-state index contributed by atoms with van der Waals surface area (Å²) in [7, 11) is 0. The molecule has 1 aliphatic carbocycles. The van der Waals surface area contributed by atoms with Crippen LogP contribution in [0.5, 0.6) is 0 Å². The number of carbonyl (C=O) groups excluding carboxylic acids is 1. The molecule has 0 saturated carbocycles. The van der Waals surface area contributed by atoms with E-state index in [4.69, 9.17) is 0 Å². The normalized spacial score (nSPS) is 27.1. The summed E-state index contributed by atoms with van der Waals surface area (Å²) in [5, 5.41) is 0. The summed E-state index contributed by atoms with van der Waals surface area (Å²) in [6, 6.07) is 7.72. The van der Waals surface area contributed by atoms with Gasteiger partial charge in [-0.25, -0.2) is 0 Å². The van der Waals surface area contributed by atoms with Crippen molar-refractivity contribution >= 4 is 12.0 Å². The number of ketones is 1. The number of benzene rings is 1. The molecule has 16 heavy (non-hydrogen) atoms. The summed E-state index contributed by atoms with van der Waals surface area (Å²) >= 11 is 0. The Kier molecular flexibility index (Phi) is 2.21. The van der Waals surface area contributed by atoms with E-state index in [0.717, 1.165) is 18.4 Å². The van der Waals surface area contributed by atoms with Crippen molar-refractivity contribution in [3.8, 4) is 0 Å². The smallest absolute Gasteiger partial charge is 0.188 e. The standard InChI is InChI=1S/C14H13NO/c16-14-12-6-2-1-4-10(12)7-8-11-5-3-9-15-13(11)14/h1-6,9,11,13H,7-8H2. The van der Waals surface area contributed by atoms with Gasteiger partial charge in [0.15, 0.2) is 5.78 Å². The summed E-state index contributed by atoms with van der Waals surface area (Å²) < 4.78 is 0. The van der Waals surface area contributed by atoms with Crippen LogP contribution in [0.15, 0.2) is 41.4 Å². The number of nitrogens with zero attached hydrogens (tertiary/aromatic N) is 1. The molecule has 2 unspecified atom stereocenters. The second kappa shape index (κ2) is 3.71. The first-order valence-corrected chi connectivity index (χ1v) is 5.68. The molecule has 0 spiro atoms. The Morgan fingerprint density at radius 3 is 3.06 bits per heavy atom. The first kappa shape index (κ1) is 9.52. The molecular weight excluding hydrogens is 198 g/mol. The minimum atomic E-state index is -0.186. The van der Waals surface area contributed by atoms with E-state index in [1.54, 1.807) is 6.21 Å². The van der Waals surface area contributed by atoms with Crippen molar-refractivity contribution in [1.82, 2.24) is 0 Å². The molecule has 0 fully saturated rings. The molecule has 1 aromatic rings. The minimum Gasteiger partial charge on any atom is -0.292 e. The third-order valence-electron chi connectivity index (χ3n) is 3.40. The van der Waals surface area contributed by atoms with E-state index >= 15 is 0 Å². The minimum absolute atomic E-state index is 0.179. The Balaban J connectivity index is 2.07. The van der Waals surface area contributed by atoms with E-state index in [2.05, 4.69) is 17.1 Å². The zero-order valence-corrected chi connectivity index (χ0v) is 8.97. The fourth-order valence-corrected chi connectivity index (χ4v) is 2.53. The number of rotatable bonds is 0. The van der Waals surface area contributed by atoms with Crippen molar-refractivity contribution in [3.05, 3.63) is 47.5 Å². The van der Waals surface area contributed by atoms with Gasteiger partial charge >= 0.3 is 0 Å². The lowest BCUT2D eigenvalue weighted by Crippen LogP contribution is -2.27. The summed E-state index contributed by atoms with van der Waals surface area (Å²) in [6.45, 7) is 0. The fraction of sp³-hybridized carbons (Fsp3) is 0.286. The largest absolute Gasteiger partial charge is 0.292 e. The van der Waals surface area contributed by atoms with Gasteiger partial charge in [0.2, 0.25) is 0 Å². The van der Waals surface area contributed by atoms with Crippen LogP contribution in [0.3, 0.4) is 0 Å². The van der Waals surface area contributed by atoms with Gasteiger partial charge in [0, 0.05) is 17.7 Å². The zero-order chi connectivity index (χ0) is 11.0. The number of fused-ring (bicyclic) bond motifs is 2. The predicted octanol–water partition coefficient (Wildman–Crippen LogP) is 2.44. The number of Topliss-reactive ketones (excluding diaryl/α,β-unsaturated/α-hetero) is 1. The number of dihydropyridines is 1. The van der Waals surface area contributed by atoms with Gasteiger partial charge < -0.3 is 0 Å². The van der Waals surface area contributed by atoms with Crippen molar-refractivity contribution in [2.45, 2.75) is 18.9 Å². The topological polar surface area (TPSA) is 29.4 Å². The maximum absolute atomic E-state index is 12.3. The molecule has 1 aromatic carbocycles. The van der Waals surface area contributed by atoms with E-state index in [-0.39, 0.29) is 17.7 Å². The fourth-order valence-electron chi connectivity index (χ4n) is 2.53.